The Morgan fingerprint density at radius 1 is 1.56 bits per heavy atom. The van der Waals surface area contributed by atoms with Gasteiger partial charge in [-0.05, 0) is 31.0 Å². The summed E-state index contributed by atoms with van der Waals surface area (Å²) in [5.74, 6) is 6.22. The van der Waals surface area contributed by atoms with Gasteiger partial charge in [0.25, 0.3) is 0 Å². The van der Waals surface area contributed by atoms with Crippen molar-refractivity contribution in [3.8, 4) is 5.75 Å². The van der Waals surface area contributed by atoms with Gasteiger partial charge in [0.2, 0.25) is 0 Å². The van der Waals surface area contributed by atoms with E-state index in [1.54, 1.807) is 13.2 Å². The molecule has 1 aliphatic heterocycles. The van der Waals surface area contributed by atoms with Crippen LogP contribution >= 0.6 is 0 Å². The molecule has 0 aliphatic carbocycles. The lowest BCUT2D eigenvalue weighted by atomic mass is 9.88. The van der Waals surface area contributed by atoms with Gasteiger partial charge in [-0.3, -0.25) is 11.3 Å². The summed E-state index contributed by atoms with van der Waals surface area (Å²) in [4.78, 5) is 0. The first kappa shape index (κ1) is 13.3. The third kappa shape index (κ3) is 2.80. The van der Waals surface area contributed by atoms with Crippen molar-refractivity contribution < 1.29 is 13.9 Å². The van der Waals surface area contributed by atoms with Gasteiger partial charge < -0.3 is 9.47 Å². The molecular formula is C13H19FN2O2. The van der Waals surface area contributed by atoms with Crippen LogP contribution in [0.5, 0.6) is 5.75 Å². The first-order valence-corrected chi connectivity index (χ1v) is 6.13. The van der Waals surface area contributed by atoms with Gasteiger partial charge in [0.1, 0.15) is 11.6 Å². The van der Waals surface area contributed by atoms with Gasteiger partial charge in [-0.25, -0.2) is 4.39 Å². The van der Waals surface area contributed by atoms with Crippen LogP contribution in [0, 0.1) is 11.7 Å². The Morgan fingerprint density at radius 3 is 3.00 bits per heavy atom. The highest BCUT2D eigenvalue weighted by Crippen LogP contribution is 2.34. The van der Waals surface area contributed by atoms with Gasteiger partial charge in [-0.1, -0.05) is 0 Å². The fourth-order valence-corrected chi connectivity index (χ4v) is 2.46. The number of hydrogen-bond acceptors (Lipinski definition) is 4. The van der Waals surface area contributed by atoms with E-state index in [0.29, 0.717) is 12.4 Å². The minimum atomic E-state index is -0.289. The molecule has 0 radical (unpaired) electrons. The number of hydrogen-bond donors (Lipinski definition) is 2. The summed E-state index contributed by atoms with van der Waals surface area (Å²) in [6.45, 7) is 1.42. The van der Waals surface area contributed by atoms with E-state index in [4.69, 9.17) is 15.3 Å². The molecule has 2 atom stereocenters. The summed E-state index contributed by atoms with van der Waals surface area (Å²) in [5.41, 5.74) is 3.51. The lowest BCUT2D eigenvalue weighted by Gasteiger charge is -2.30. The van der Waals surface area contributed by atoms with E-state index in [-0.39, 0.29) is 17.8 Å². The quantitative estimate of drug-likeness (QED) is 0.635. The van der Waals surface area contributed by atoms with Gasteiger partial charge in [0.05, 0.1) is 19.8 Å². The molecule has 100 valence electrons. The monoisotopic (exact) mass is 254 g/mol. The highest BCUT2D eigenvalue weighted by molar-refractivity contribution is 5.37. The first-order chi connectivity index (χ1) is 8.76. The van der Waals surface area contributed by atoms with Gasteiger partial charge in [0.15, 0.2) is 0 Å². The Labute approximate surface area is 106 Å². The molecule has 1 aliphatic rings. The highest BCUT2D eigenvalue weighted by Gasteiger charge is 2.27. The maximum absolute atomic E-state index is 13.4. The van der Waals surface area contributed by atoms with Crippen LogP contribution in [0.3, 0.4) is 0 Å². The zero-order valence-electron chi connectivity index (χ0n) is 10.5. The number of ether oxygens (including phenoxy) is 2. The third-order valence-corrected chi connectivity index (χ3v) is 3.37. The van der Waals surface area contributed by atoms with E-state index >= 15 is 0 Å². The van der Waals surface area contributed by atoms with Crippen molar-refractivity contribution in [2.75, 3.05) is 20.3 Å². The lowest BCUT2D eigenvalue weighted by Crippen LogP contribution is -2.37. The number of nitrogens with two attached hydrogens (primary N) is 1. The molecule has 0 amide bonds. The van der Waals surface area contributed by atoms with Crippen LogP contribution in [0.2, 0.25) is 0 Å². The fourth-order valence-electron chi connectivity index (χ4n) is 2.46. The van der Waals surface area contributed by atoms with Crippen molar-refractivity contribution in [2.45, 2.75) is 18.9 Å². The molecule has 0 saturated carbocycles. The molecule has 1 aromatic carbocycles. The van der Waals surface area contributed by atoms with E-state index in [2.05, 4.69) is 5.43 Å². The molecule has 2 unspecified atom stereocenters. The topological polar surface area (TPSA) is 56.5 Å². The minimum absolute atomic E-state index is 0.157. The van der Waals surface area contributed by atoms with Crippen molar-refractivity contribution >= 4 is 0 Å². The van der Waals surface area contributed by atoms with Crippen LogP contribution < -0.4 is 16.0 Å². The van der Waals surface area contributed by atoms with Gasteiger partial charge in [-0.2, -0.15) is 0 Å². The average molecular weight is 254 g/mol. The number of benzene rings is 1. The Balaban J connectivity index is 2.27. The van der Waals surface area contributed by atoms with Crippen LogP contribution in [0.4, 0.5) is 4.39 Å². The van der Waals surface area contributed by atoms with Crippen molar-refractivity contribution in [3.05, 3.63) is 29.6 Å². The molecule has 1 saturated heterocycles. The molecule has 1 aromatic rings. The molecule has 0 aromatic heterocycles. The molecule has 18 heavy (non-hydrogen) atoms. The van der Waals surface area contributed by atoms with Crippen molar-refractivity contribution in [1.29, 1.82) is 0 Å². The Kier molecular flexibility index (Phi) is 4.52. The number of hydrazine groups is 1. The van der Waals surface area contributed by atoms with Crippen molar-refractivity contribution in [1.82, 2.24) is 5.43 Å². The van der Waals surface area contributed by atoms with Crippen LogP contribution in [0.15, 0.2) is 18.2 Å². The van der Waals surface area contributed by atoms with Crippen LogP contribution in [-0.2, 0) is 4.74 Å². The van der Waals surface area contributed by atoms with E-state index < -0.39 is 0 Å². The molecule has 0 spiro atoms. The summed E-state index contributed by atoms with van der Waals surface area (Å²) >= 11 is 0. The van der Waals surface area contributed by atoms with Crippen LogP contribution in [0.25, 0.3) is 0 Å². The number of halogens is 1. The summed E-state index contributed by atoms with van der Waals surface area (Å²) < 4.78 is 24.1. The Bertz CT molecular complexity index is 395. The predicted molar refractivity (Wildman–Crippen MR) is 66.6 cm³/mol. The second-order valence-electron chi connectivity index (χ2n) is 4.51. The van der Waals surface area contributed by atoms with Crippen molar-refractivity contribution in [2.24, 2.45) is 11.8 Å². The van der Waals surface area contributed by atoms with Crippen LogP contribution in [0.1, 0.15) is 24.4 Å². The number of nitrogens with one attached hydrogen (secondary N) is 1. The standard InChI is InChI=1S/C13H19FN2O2/c1-17-12-5-4-10(14)7-11(12)13(16-15)9-3-2-6-18-8-9/h4-5,7,9,13,16H,2-3,6,8,15H2,1H3. The summed E-state index contributed by atoms with van der Waals surface area (Å²) in [5, 5.41) is 0. The molecule has 1 heterocycles. The van der Waals surface area contributed by atoms with Crippen molar-refractivity contribution in [3.63, 3.8) is 0 Å². The zero-order chi connectivity index (χ0) is 13.0. The fraction of sp³-hybridized carbons (Fsp3) is 0.538. The van der Waals surface area contributed by atoms with Crippen LogP contribution in [-0.4, -0.2) is 20.3 Å². The van der Waals surface area contributed by atoms with Gasteiger partial charge in [0, 0.05) is 18.1 Å². The van der Waals surface area contributed by atoms with Gasteiger partial charge >= 0.3 is 0 Å². The average Bonchev–Trinajstić information content (AvgIpc) is 2.41. The summed E-state index contributed by atoms with van der Waals surface area (Å²) in [7, 11) is 1.57. The Hall–Kier alpha value is -1.17. The molecule has 4 nitrogen and oxygen atoms in total. The first-order valence-electron chi connectivity index (χ1n) is 6.13. The minimum Gasteiger partial charge on any atom is -0.496 e. The summed E-state index contributed by atoms with van der Waals surface area (Å²) in [6, 6.07) is 4.32. The van der Waals surface area contributed by atoms with E-state index in [1.807, 2.05) is 0 Å². The normalized spacial score (nSPS) is 21.6. The third-order valence-electron chi connectivity index (χ3n) is 3.37. The maximum atomic E-state index is 13.4. The molecule has 1 fully saturated rings. The number of rotatable bonds is 4. The van der Waals surface area contributed by atoms with E-state index in [1.165, 1.54) is 12.1 Å². The lowest BCUT2D eigenvalue weighted by molar-refractivity contribution is 0.0386. The second-order valence-corrected chi connectivity index (χ2v) is 4.51. The molecule has 3 N–H and O–H groups in total. The second kappa shape index (κ2) is 6.13. The zero-order valence-corrected chi connectivity index (χ0v) is 10.5. The number of methoxy groups -OCH3 is 1. The SMILES string of the molecule is COc1ccc(F)cc1C(NN)C1CCCOC1. The molecule has 0 bridgehead atoms. The molecule has 2 rings (SSSR count). The highest BCUT2D eigenvalue weighted by atomic mass is 19.1. The van der Waals surface area contributed by atoms with Gasteiger partial charge in [-0.15, -0.1) is 0 Å². The predicted octanol–water partition coefficient (Wildman–Crippen LogP) is 1.77. The molecule has 5 heteroatoms. The largest absolute Gasteiger partial charge is 0.496 e. The summed E-state index contributed by atoms with van der Waals surface area (Å²) in [6.07, 6.45) is 2.01. The van der Waals surface area contributed by atoms with E-state index in [9.17, 15) is 4.39 Å². The molecular weight excluding hydrogens is 235 g/mol. The maximum Gasteiger partial charge on any atom is 0.123 e. The smallest absolute Gasteiger partial charge is 0.123 e. The Morgan fingerprint density at radius 2 is 2.39 bits per heavy atom. The van der Waals surface area contributed by atoms with E-state index in [0.717, 1.165) is 25.0 Å².